The van der Waals surface area contributed by atoms with Crippen LogP contribution < -0.4 is 4.90 Å². The van der Waals surface area contributed by atoms with Crippen molar-refractivity contribution >= 4 is 22.9 Å². The SMILES string of the molecule is Cc1[nH]nc(C(=O)N2CCn3c2nc2ccccc23)c1C(F)(F)F. The lowest BCUT2D eigenvalue weighted by Crippen LogP contribution is -2.31. The second-order valence-corrected chi connectivity index (χ2v) is 5.58. The molecule has 0 spiro atoms. The summed E-state index contributed by atoms with van der Waals surface area (Å²) in [4.78, 5) is 18.3. The monoisotopic (exact) mass is 335 g/mol. The van der Waals surface area contributed by atoms with E-state index in [4.69, 9.17) is 0 Å². The average molecular weight is 335 g/mol. The van der Waals surface area contributed by atoms with Crippen LogP contribution in [0, 0.1) is 6.92 Å². The Kier molecular flexibility index (Phi) is 2.96. The number of aromatic amines is 1. The first-order valence-electron chi connectivity index (χ1n) is 7.27. The van der Waals surface area contributed by atoms with Crippen LogP contribution in [0.3, 0.4) is 0 Å². The fourth-order valence-corrected chi connectivity index (χ4v) is 3.04. The second-order valence-electron chi connectivity index (χ2n) is 5.58. The molecular weight excluding hydrogens is 323 g/mol. The molecule has 3 aromatic rings. The Morgan fingerprint density at radius 3 is 2.75 bits per heavy atom. The highest BCUT2D eigenvalue weighted by molar-refractivity contribution is 6.06. The molecule has 1 N–H and O–H groups in total. The molecule has 6 nitrogen and oxygen atoms in total. The lowest BCUT2D eigenvalue weighted by molar-refractivity contribution is -0.138. The van der Waals surface area contributed by atoms with Crippen LogP contribution in [0.25, 0.3) is 11.0 Å². The number of imidazole rings is 1. The Morgan fingerprint density at radius 2 is 2.00 bits per heavy atom. The summed E-state index contributed by atoms with van der Waals surface area (Å²) in [6, 6.07) is 7.32. The zero-order valence-corrected chi connectivity index (χ0v) is 12.6. The molecule has 24 heavy (non-hydrogen) atoms. The lowest BCUT2D eigenvalue weighted by atomic mass is 10.1. The number of hydrogen-bond acceptors (Lipinski definition) is 3. The maximum absolute atomic E-state index is 13.2. The first-order valence-corrected chi connectivity index (χ1v) is 7.27. The van der Waals surface area contributed by atoms with Gasteiger partial charge in [0.25, 0.3) is 5.91 Å². The fraction of sp³-hybridized carbons (Fsp3) is 0.267. The molecule has 2 aromatic heterocycles. The van der Waals surface area contributed by atoms with Crippen LogP contribution in [0.1, 0.15) is 21.7 Å². The van der Waals surface area contributed by atoms with Gasteiger partial charge in [-0.1, -0.05) is 12.1 Å². The van der Waals surface area contributed by atoms with Gasteiger partial charge in [-0.05, 0) is 19.1 Å². The molecule has 1 amide bonds. The van der Waals surface area contributed by atoms with Crippen LogP contribution in [0.4, 0.5) is 19.1 Å². The number of H-pyrrole nitrogens is 1. The summed E-state index contributed by atoms with van der Waals surface area (Å²) in [5.41, 5.74) is -0.294. The smallest absolute Gasteiger partial charge is 0.308 e. The molecule has 1 aromatic carbocycles. The number of anilines is 1. The molecule has 1 aliphatic heterocycles. The summed E-state index contributed by atoms with van der Waals surface area (Å²) < 4.78 is 41.4. The third-order valence-corrected chi connectivity index (χ3v) is 4.10. The van der Waals surface area contributed by atoms with Crippen LogP contribution in [0.15, 0.2) is 24.3 Å². The van der Waals surface area contributed by atoms with Crippen molar-refractivity contribution < 1.29 is 18.0 Å². The number of fused-ring (bicyclic) bond motifs is 3. The molecule has 0 radical (unpaired) electrons. The topological polar surface area (TPSA) is 66.8 Å². The van der Waals surface area contributed by atoms with E-state index in [1.165, 1.54) is 11.8 Å². The van der Waals surface area contributed by atoms with E-state index in [1.54, 1.807) is 6.07 Å². The Balaban J connectivity index is 1.79. The van der Waals surface area contributed by atoms with Gasteiger partial charge < -0.3 is 4.57 Å². The summed E-state index contributed by atoms with van der Waals surface area (Å²) >= 11 is 0. The third kappa shape index (κ3) is 2.00. The normalized spacial score (nSPS) is 14.4. The van der Waals surface area contributed by atoms with Crippen molar-refractivity contribution in [3.8, 4) is 0 Å². The van der Waals surface area contributed by atoms with Crippen molar-refractivity contribution in [2.24, 2.45) is 0 Å². The molecule has 0 aliphatic carbocycles. The van der Waals surface area contributed by atoms with Crippen molar-refractivity contribution in [3.63, 3.8) is 0 Å². The largest absolute Gasteiger partial charge is 0.420 e. The van der Waals surface area contributed by atoms with Gasteiger partial charge in [0.1, 0.15) is 5.56 Å². The van der Waals surface area contributed by atoms with E-state index in [-0.39, 0.29) is 12.2 Å². The molecule has 4 rings (SSSR count). The van der Waals surface area contributed by atoms with Gasteiger partial charge in [0.05, 0.1) is 11.0 Å². The summed E-state index contributed by atoms with van der Waals surface area (Å²) in [6.07, 6.45) is -4.65. The quantitative estimate of drug-likeness (QED) is 0.743. The lowest BCUT2D eigenvalue weighted by Gasteiger charge is -2.14. The zero-order chi connectivity index (χ0) is 17.1. The average Bonchev–Trinajstić information content (AvgIpc) is 3.18. The van der Waals surface area contributed by atoms with Crippen molar-refractivity contribution in [1.29, 1.82) is 0 Å². The van der Waals surface area contributed by atoms with Gasteiger partial charge in [-0.2, -0.15) is 18.3 Å². The molecular formula is C15H12F3N5O. The fourth-order valence-electron chi connectivity index (χ4n) is 3.04. The van der Waals surface area contributed by atoms with Crippen LogP contribution in [-0.2, 0) is 12.7 Å². The second kappa shape index (κ2) is 4.83. The highest BCUT2D eigenvalue weighted by Crippen LogP contribution is 2.35. The molecule has 0 unspecified atom stereocenters. The van der Waals surface area contributed by atoms with E-state index >= 15 is 0 Å². The van der Waals surface area contributed by atoms with Gasteiger partial charge >= 0.3 is 6.18 Å². The predicted octanol–water partition coefficient (Wildman–Crippen LogP) is 2.75. The number of aryl methyl sites for hydroxylation is 1. The maximum Gasteiger partial charge on any atom is 0.420 e. The molecule has 0 saturated heterocycles. The van der Waals surface area contributed by atoms with E-state index in [9.17, 15) is 18.0 Å². The van der Waals surface area contributed by atoms with Crippen LogP contribution in [0.2, 0.25) is 0 Å². The number of carbonyl (C=O) groups is 1. The number of para-hydroxylation sites is 2. The van der Waals surface area contributed by atoms with Gasteiger partial charge in [-0.3, -0.25) is 14.8 Å². The van der Waals surface area contributed by atoms with Gasteiger partial charge in [0, 0.05) is 18.8 Å². The molecule has 3 heterocycles. The van der Waals surface area contributed by atoms with Crippen LogP contribution in [0.5, 0.6) is 0 Å². The number of halogens is 3. The maximum atomic E-state index is 13.2. The number of benzene rings is 1. The van der Waals surface area contributed by atoms with Gasteiger partial charge in [0.15, 0.2) is 5.69 Å². The predicted molar refractivity (Wildman–Crippen MR) is 79.7 cm³/mol. The molecule has 0 saturated carbocycles. The Bertz CT molecular complexity index is 956. The summed E-state index contributed by atoms with van der Waals surface area (Å²) in [6.45, 7) is 1.98. The van der Waals surface area contributed by atoms with E-state index in [1.807, 2.05) is 22.8 Å². The number of nitrogens with zero attached hydrogens (tertiary/aromatic N) is 4. The minimum atomic E-state index is -4.65. The molecule has 1 aliphatic rings. The Morgan fingerprint density at radius 1 is 1.25 bits per heavy atom. The summed E-state index contributed by atoms with van der Waals surface area (Å²) in [5, 5.41) is 5.83. The molecule has 0 bridgehead atoms. The summed E-state index contributed by atoms with van der Waals surface area (Å²) in [5.74, 6) is -0.462. The third-order valence-electron chi connectivity index (χ3n) is 4.10. The number of rotatable bonds is 1. The Hall–Kier alpha value is -2.84. The van der Waals surface area contributed by atoms with E-state index < -0.39 is 23.3 Å². The number of alkyl halides is 3. The number of amides is 1. The molecule has 0 atom stereocenters. The van der Waals surface area contributed by atoms with Crippen LogP contribution >= 0.6 is 0 Å². The highest BCUT2D eigenvalue weighted by Gasteiger charge is 2.42. The first kappa shape index (κ1) is 14.7. The van der Waals surface area contributed by atoms with E-state index in [0.717, 1.165) is 5.52 Å². The molecule has 124 valence electrons. The van der Waals surface area contributed by atoms with Crippen molar-refractivity contribution in [3.05, 3.63) is 41.2 Å². The number of aromatic nitrogens is 4. The Labute approximate surface area is 133 Å². The van der Waals surface area contributed by atoms with Crippen molar-refractivity contribution in [2.45, 2.75) is 19.6 Å². The minimum Gasteiger partial charge on any atom is -0.308 e. The van der Waals surface area contributed by atoms with Gasteiger partial charge in [0.2, 0.25) is 5.95 Å². The number of nitrogens with one attached hydrogen (secondary N) is 1. The number of hydrogen-bond donors (Lipinski definition) is 1. The van der Waals surface area contributed by atoms with Crippen molar-refractivity contribution in [1.82, 2.24) is 19.7 Å². The number of carbonyl (C=O) groups excluding carboxylic acids is 1. The van der Waals surface area contributed by atoms with Crippen LogP contribution in [-0.4, -0.2) is 32.2 Å². The van der Waals surface area contributed by atoms with E-state index in [2.05, 4.69) is 15.2 Å². The van der Waals surface area contributed by atoms with Crippen molar-refractivity contribution in [2.75, 3.05) is 11.4 Å². The molecule has 9 heteroatoms. The first-order chi connectivity index (χ1) is 11.4. The standard InChI is InChI=1S/C15H12F3N5O/c1-8-11(15(16,17)18)12(21-20-8)13(24)23-7-6-22-10-5-3-2-4-9(10)19-14(22)23/h2-5H,6-7H2,1H3,(H,20,21). The van der Waals surface area contributed by atoms with Gasteiger partial charge in [-0.15, -0.1) is 0 Å². The van der Waals surface area contributed by atoms with Gasteiger partial charge in [-0.25, -0.2) is 4.98 Å². The highest BCUT2D eigenvalue weighted by atomic mass is 19.4. The molecule has 0 fully saturated rings. The van der Waals surface area contributed by atoms with E-state index in [0.29, 0.717) is 18.0 Å². The summed E-state index contributed by atoms with van der Waals surface area (Å²) in [7, 11) is 0. The zero-order valence-electron chi connectivity index (χ0n) is 12.6. The minimum absolute atomic E-state index is 0.182.